The van der Waals surface area contributed by atoms with Crippen molar-refractivity contribution >= 4 is 0 Å². The van der Waals surface area contributed by atoms with E-state index in [9.17, 15) is 0 Å². The van der Waals surface area contributed by atoms with Crippen molar-refractivity contribution < 1.29 is 4.74 Å². The lowest BCUT2D eigenvalue weighted by molar-refractivity contribution is -0.000781. The van der Waals surface area contributed by atoms with Gasteiger partial charge >= 0.3 is 0 Å². The highest BCUT2D eigenvalue weighted by Crippen LogP contribution is 2.22. The Morgan fingerprint density at radius 1 is 1.64 bits per heavy atom. The number of hydrogen-bond acceptors (Lipinski definition) is 4. The van der Waals surface area contributed by atoms with Crippen LogP contribution >= 0.6 is 0 Å². The van der Waals surface area contributed by atoms with Crippen molar-refractivity contribution in [3.63, 3.8) is 0 Å². The van der Waals surface area contributed by atoms with E-state index in [0.717, 1.165) is 25.1 Å². The van der Waals surface area contributed by atoms with Crippen LogP contribution in [0.1, 0.15) is 31.0 Å². The van der Waals surface area contributed by atoms with Gasteiger partial charge in [-0.05, 0) is 19.3 Å². The summed E-state index contributed by atoms with van der Waals surface area (Å²) in [6, 6.07) is -0.135. The third kappa shape index (κ3) is 1.93. The van der Waals surface area contributed by atoms with E-state index in [2.05, 4.69) is 10.3 Å². The molecule has 5 nitrogen and oxygen atoms in total. The fourth-order valence-electron chi connectivity index (χ4n) is 1.76. The van der Waals surface area contributed by atoms with Gasteiger partial charge in [-0.3, -0.25) is 4.68 Å². The van der Waals surface area contributed by atoms with Crippen LogP contribution in [0.2, 0.25) is 0 Å². The monoisotopic (exact) mass is 196 g/mol. The first-order valence-corrected chi connectivity index (χ1v) is 5.01. The molecule has 5 heteroatoms. The van der Waals surface area contributed by atoms with Crippen LogP contribution in [0.25, 0.3) is 0 Å². The van der Waals surface area contributed by atoms with Crippen molar-refractivity contribution in [3.05, 3.63) is 11.9 Å². The number of aryl methyl sites for hydroxylation is 1. The SMILES string of the molecule is Cn1cc(C(N)C2CCCCO2)nn1. The van der Waals surface area contributed by atoms with E-state index in [1.165, 1.54) is 6.42 Å². The van der Waals surface area contributed by atoms with Crippen molar-refractivity contribution in [2.45, 2.75) is 31.4 Å². The Balaban J connectivity index is 2.03. The fraction of sp³-hybridized carbons (Fsp3) is 0.778. The number of hydrogen-bond donors (Lipinski definition) is 1. The van der Waals surface area contributed by atoms with Crippen LogP contribution in [0.15, 0.2) is 6.20 Å². The van der Waals surface area contributed by atoms with Crippen molar-refractivity contribution in [1.29, 1.82) is 0 Å². The van der Waals surface area contributed by atoms with Gasteiger partial charge in [0.15, 0.2) is 0 Å². The molecular formula is C9H16N4O. The van der Waals surface area contributed by atoms with Crippen LogP contribution in [0.3, 0.4) is 0 Å². The number of rotatable bonds is 2. The topological polar surface area (TPSA) is 66.0 Å². The first-order chi connectivity index (χ1) is 6.77. The highest BCUT2D eigenvalue weighted by atomic mass is 16.5. The molecule has 1 aliphatic rings. The molecule has 0 spiro atoms. The Kier molecular flexibility index (Phi) is 2.79. The van der Waals surface area contributed by atoms with Gasteiger partial charge in [0.25, 0.3) is 0 Å². The van der Waals surface area contributed by atoms with E-state index in [1.807, 2.05) is 13.2 Å². The van der Waals surface area contributed by atoms with E-state index >= 15 is 0 Å². The zero-order valence-electron chi connectivity index (χ0n) is 8.39. The molecule has 2 atom stereocenters. The first kappa shape index (κ1) is 9.61. The van der Waals surface area contributed by atoms with Gasteiger partial charge in [0.1, 0.15) is 5.69 Å². The second kappa shape index (κ2) is 4.06. The Labute approximate surface area is 83.2 Å². The van der Waals surface area contributed by atoms with Gasteiger partial charge in [0.2, 0.25) is 0 Å². The van der Waals surface area contributed by atoms with E-state index in [4.69, 9.17) is 10.5 Å². The van der Waals surface area contributed by atoms with Crippen LogP contribution in [-0.4, -0.2) is 27.7 Å². The van der Waals surface area contributed by atoms with E-state index in [0.29, 0.717) is 0 Å². The van der Waals surface area contributed by atoms with Crippen LogP contribution in [-0.2, 0) is 11.8 Å². The molecule has 0 radical (unpaired) electrons. The predicted molar refractivity (Wildman–Crippen MR) is 51.5 cm³/mol. The second-order valence-corrected chi connectivity index (χ2v) is 3.75. The Bertz CT molecular complexity index is 293. The second-order valence-electron chi connectivity index (χ2n) is 3.75. The molecule has 1 aliphatic heterocycles. The zero-order chi connectivity index (χ0) is 9.97. The summed E-state index contributed by atoms with van der Waals surface area (Å²) in [6.07, 6.45) is 5.32. The molecule has 1 aromatic heterocycles. The molecule has 2 heterocycles. The predicted octanol–water partition coefficient (Wildman–Crippen LogP) is 0.384. The van der Waals surface area contributed by atoms with Gasteiger partial charge in [0.05, 0.1) is 12.1 Å². The van der Waals surface area contributed by atoms with E-state index in [1.54, 1.807) is 4.68 Å². The Morgan fingerprint density at radius 3 is 3.07 bits per heavy atom. The molecule has 78 valence electrons. The molecule has 2 rings (SSSR count). The Hall–Kier alpha value is -0.940. The molecule has 0 aliphatic carbocycles. The summed E-state index contributed by atoms with van der Waals surface area (Å²) in [4.78, 5) is 0. The minimum Gasteiger partial charge on any atom is -0.376 e. The average Bonchev–Trinajstić information content (AvgIpc) is 2.65. The lowest BCUT2D eigenvalue weighted by atomic mass is 10.0. The van der Waals surface area contributed by atoms with Crippen LogP contribution in [0.4, 0.5) is 0 Å². The van der Waals surface area contributed by atoms with Crippen molar-refractivity contribution in [1.82, 2.24) is 15.0 Å². The maximum absolute atomic E-state index is 6.04. The summed E-state index contributed by atoms with van der Waals surface area (Å²) in [5.41, 5.74) is 6.86. The van der Waals surface area contributed by atoms with Crippen LogP contribution < -0.4 is 5.73 Å². The molecular weight excluding hydrogens is 180 g/mol. The molecule has 0 amide bonds. The van der Waals surface area contributed by atoms with Crippen molar-refractivity contribution in [2.75, 3.05) is 6.61 Å². The third-order valence-corrected chi connectivity index (χ3v) is 2.58. The highest BCUT2D eigenvalue weighted by Gasteiger charge is 2.24. The average molecular weight is 196 g/mol. The van der Waals surface area contributed by atoms with Gasteiger partial charge in [-0.15, -0.1) is 5.10 Å². The zero-order valence-corrected chi connectivity index (χ0v) is 8.39. The summed E-state index contributed by atoms with van der Waals surface area (Å²) in [7, 11) is 1.84. The summed E-state index contributed by atoms with van der Waals surface area (Å²) in [5.74, 6) is 0. The highest BCUT2D eigenvalue weighted by molar-refractivity contribution is 5.02. The summed E-state index contributed by atoms with van der Waals surface area (Å²) < 4.78 is 7.27. The molecule has 1 aromatic rings. The standard InChI is InChI=1S/C9H16N4O/c1-13-6-7(11-12-13)9(10)8-4-2-3-5-14-8/h6,8-9H,2-5,10H2,1H3. The molecule has 2 N–H and O–H groups in total. The number of aromatic nitrogens is 3. The maximum Gasteiger partial charge on any atom is 0.102 e. The number of nitrogens with zero attached hydrogens (tertiary/aromatic N) is 3. The third-order valence-electron chi connectivity index (χ3n) is 2.58. The molecule has 0 bridgehead atoms. The van der Waals surface area contributed by atoms with Crippen molar-refractivity contribution in [3.8, 4) is 0 Å². The molecule has 14 heavy (non-hydrogen) atoms. The van der Waals surface area contributed by atoms with Crippen molar-refractivity contribution in [2.24, 2.45) is 12.8 Å². The number of nitrogens with two attached hydrogens (primary N) is 1. The normalized spacial score (nSPS) is 24.9. The van der Waals surface area contributed by atoms with Gasteiger partial charge in [-0.1, -0.05) is 5.21 Å². The minimum absolute atomic E-state index is 0.112. The summed E-state index contributed by atoms with van der Waals surface area (Å²) in [5, 5.41) is 7.86. The molecule has 1 saturated heterocycles. The smallest absolute Gasteiger partial charge is 0.102 e. The van der Waals surface area contributed by atoms with Gasteiger partial charge < -0.3 is 10.5 Å². The summed E-state index contributed by atoms with van der Waals surface area (Å²) in [6.45, 7) is 0.818. The quantitative estimate of drug-likeness (QED) is 0.742. The largest absolute Gasteiger partial charge is 0.376 e. The fourth-order valence-corrected chi connectivity index (χ4v) is 1.76. The molecule has 0 aromatic carbocycles. The van der Waals surface area contributed by atoms with Gasteiger partial charge in [0, 0.05) is 19.9 Å². The minimum atomic E-state index is -0.135. The molecule has 1 fully saturated rings. The molecule has 0 saturated carbocycles. The van der Waals surface area contributed by atoms with Gasteiger partial charge in [-0.2, -0.15) is 0 Å². The first-order valence-electron chi connectivity index (χ1n) is 5.01. The number of ether oxygens (including phenoxy) is 1. The molecule has 2 unspecified atom stereocenters. The van der Waals surface area contributed by atoms with Crippen LogP contribution in [0.5, 0.6) is 0 Å². The van der Waals surface area contributed by atoms with E-state index in [-0.39, 0.29) is 12.1 Å². The van der Waals surface area contributed by atoms with E-state index < -0.39 is 0 Å². The van der Waals surface area contributed by atoms with Crippen LogP contribution in [0, 0.1) is 0 Å². The van der Waals surface area contributed by atoms with Gasteiger partial charge in [-0.25, -0.2) is 0 Å². The summed E-state index contributed by atoms with van der Waals surface area (Å²) >= 11 is 0. The maximum atomic E-state index is 6.04. The Morgan fingerprint density at radius 2 is 2.50 bits per heavy atom. The lowest BCUT2D eigenvalue weighted by Crippen LogP contribution is -2.32. The lowest BCUT2D eigenvalue weighted by Gasteiger charge is -2.26.